The zero-order valence-electron chi connectivity index (χ0n) is 17.7. The minimum atomic E-state index is -1.12. The van der Waals surface area contributed by atoms with Crippen LogP contribution in [0.3, 0.4) is 0 Å². The van der Waals surface area contributed by atoms with Crippen LogP contribution in [0.15, 0.2) is 72.9 Å². The molecule has 1 aliphatic heterocycles. The maximum Gasteiger partial charge on any atom is 0.404 e. The van der Waals surface area contributed by atoms with E-state index in [1.807, 2.05) is 54.6 Å². The Hall–Kier alpha value is -4.40. The van der Waals surface area contributed by atoms with E-state index in [0.29, 0.717) is 13.1 Å². The van der Waals surface area contributed by atoms with Crippen molar-refractivity contribution in [2.45, 2.75) is 19.0 Å². The van der Waals surface area contributed by atoms with Crippen LogP contribution < -0.4 is 15.5 Å². The van der Waals surface area contributed by atoms with Crippen molar-refractivity contribution in [1.82, 2.24) is 19.9 Å². The molecule has 2 amide bonds. The molecule has 166 valence electrons. The number of aromatic nitrogens is 3. The Morgan fingerprint density at radius 2 is 1.85 bits per heavy atom. The molecular formula is C24H22N6O3. The summed E-state index contributed by atoms with van der Waals surface area (Å²) in [6, 6.07) is 21.1. The van der Waals surface area contributed by atoms with Gasteiger partial charge in [-0.15, -0.1) is 5.10 Å². The molecule has 2 aromatic carbocycles. The predicted molar refractivity (Wildman–Crippen MR) is 124 cm³/mol. The molecular weight excluding hydrogens is 420 g/mol. The Labute approximate surface area is 189 Å². The number of fused-ring (bicyclic) bond motifs is 1. The number of carbonyl (C=O) groups is 2. The topological polar surface area (TPSA) is 112 Å². The third-order valence-corrected chi connectivity index (χ3v) is 5.61. The zero-order valence-corrected chi connectivity index (χ0v) is 17.7. The van der Waals surface area contributed by atoms with Crippen molar-refractivity contribution in [2.24, 2.45) is 0 Å². The number of benzene rings is 2. The minimum absolute atomic E-state index is 0.105. The molecule has 1 aliphatic rings. The van der Waals surface area contributed by atoms with Crippen molar-refractivity contribution in [3.63, 3.8) is 0 Å². The largest absolute Gasteiger partial charge is 0.465 e. The number of anilines is 2. The molecule has 3 heterocycles. The second kappa shape index (κ2) is 8.62. The fourth-order valence-corrected chi connectivity index (χ4v) is 3.99. The number of amides is 2. The van der Waals surface area contributed by atoms with Crippen LogP contribution >= 0.6 is 0 Å². The molecule has 0 aliphatic carbocycles. The summed E-state index contributed by atoms with van der Waals surface area (Å²) in [5.41, 5.74) is 4.36. The summed E-state index contributed by atoms with van der Waals surface area (Å²) < 4.78 is 1.79. The quantitative estimate of drug-likeness (QED) is 0.422. The summed E-state index contributed by atoms with van der Waals surface area (Å²) in [6.07, 6.45) is 0.804. The van der Waals surface area contributed by atoms with Crippen LogP contribution in [0.4, 0.5) is 16.3 Å². The highest BCUT2D eigenvalue weighted by atomic mass is 16.4. The second-order valence-corrected chi connectivity index (χ2v) is 7.87. The third-order valence-electron chi connectivity index (χ3n) is 5.61. The molecule has 5 rings (SSSR count). The number of nitrogens with one attached hydrogen (secondary N) is 2. The van der Waals surface area contributed by atoms with Crippen LogP contribution in [-0.2, 0) is 11.3 Å². The van der Waals surface area contributed by atoms with E-state index in [-0.39, 0.29) is 12.3 Å². The van der Waals surface area contributed by atoms with Gasteiger partial charge in [-0.25, -0.2) is 14.3 Å². The van der Waals surface area contributed by atoms with E-state index < -0.39 is 12.1 Å². The first-order valence-corrected chi connectivity index (χ1v) is 10.6. The SMILES string of the molecule is O=C(O)NC1CC(=O)N(c2ccc(-c3cnc4ccc(NCc5ccccc5)nn34)cc2)C1. The van der Waals surface area contributed by atoms with Crippen LogP contribution in [0, 0.1) is 0 Å². The van der Waals surface area contributed by atoms with Crippen LogP contribution in [-0.4, -0.2) is 44.3 Å². The van der Waals surface area contributed by atoms with Crippen molar-refractivity contribution < 1.29 is 14.7 Å². The number of rotatable bonds is 6. The lowest BCUT2D eigenvalue weighted by Crippen LogP contribution is -2.36. The highest BCUT2D eigenvalue weighted by Crippen LogP contribution is 2.27. The average molecular weight is 442 g/mol. The number of carbonyl (C=O) groups excluding carboxylic acids is 1. The van der Waals surface area contributed by atoms with Crippen LogP contribution in [0.2, 0.25) is 0 Å². The van der Waals surface area contributed by atoms with Crippen molar-refractivity contribution in [3.05, 3.63) is 78.5 Å². The Bertz CT molecular complexity index is 1300. The van der Waals surface area contributed by atoms with Gasteiger partial charge in [0.15, 0.2) is 5.65 Å². The predicted octanol–water partition coefficient (Wildman–Crippen LogP) is 3.38. The maximum atomic E-state index is 12.3. The molecule has 2 aromatic heterocycles. The van der Waals surface area contributed by atoms with E-state index >= 15 is 0 Å². The van der Waals surface area contributed by atoms with E-state index in [9.17, 15) is 9.59 Å². The maximum absolute atomic E-state index is 12.3. The van der Waals surface area contributed by atoms with Gasteiger partial charge >= 0.3 is 6.09 Å². The third kappa shape index (κ3) is 4.33. The molecule has 0 bridgehead atoms. The first kappa shape index (κ1) is 20.5. The smallest absolute Gasteiger partial charge is 0.404 e. The van der Waals surface area contributed by atoms with Gasteiger partial charge in [-0.1, -0.05) is 42.5 Å². The highest BCUT2D eigenvalue weighted by molar-refractivity contribution is 5.96. The lowest BCUT2D eigenvalue weighted by atomic mass is 10.1. The molecule has 1 fully saturated rings. The fraction of sp³-hybridized carbons (Fsp3) is 0.167. The van der Waals surface area contributed by atoms with Crippen LogP contribution in [0.25, 0.3) is 16.9 Å². The fourth-order valence-electron chi connectivity index (χ4n) is 3.99. The second-order valence-electron chi connectivity index (χ2n) is 7.87. The number of hydrogen-bond acceptors (Lipinski definition) is 5. The Morgan fingerprint density at radius 3 is 2.61 bits per heavy atom. The first-order valence-electron chi connectivity index (χ1n) is 10.6. The van der Waals surface area contributed by atoms with Crippen molar-refractivity contribution in [2.75, 3.05) is 16.8 Å². The number of imidazole rings is 1. The summed E-state index contributed by atoms with van der Waals surface area (Å²) in [5, 5.41) is 19.3. The zero-order chi connectivity index (χ0) is 22.8. The molecule has 1 atom stereocenters. The molecule has 1 unspecified atom stereocenters. The lowest BCUT2D eigenvalue weighted by Gasteiger charge is -2.17. The highest BCUT2D eigenvalue weighted by Gasteiger charge is 2.31. The van der Waals surface area contributed by atoms with Crippen molar-refractivity contribution in [1.29, 1.82) is 0 Å². The van der Waals surface area contributed by atoms with E-state index in [1.54, 1.807) is 15.6 Å². The normalized spacial score (nSPS) is 15.7. The summed E-state index contributed by atoms with van der Waals surface area (Å²) in [6.45, 7) is 0.984. The van der Waals surface area contributed by atoms with Gasteiger partial charge in [0.2, 0.25) is 5.91 Å². The monoisotopic (exact) mass is 442 g/mol. The van der Waals surface area contributed by atoms with Gasteiger partial charge in [-0.2, -0.15) is 0 Å². The Morgan fingerprint density at radius 1 is 1.06 bits per heavy atom. The molecule has 9 heteroatoms. The Kier molecular flexibility index (Phi) is 5.35. The van der Waals surface area contributed by atoms with Gasteiger partial charge in [0.25, 0.3) is 0 Å². The van der Waals surface area contributed by atoms with Gasteiger partial charge in [0.05, 0.1) is 17.9 Å². The van der Waals surface area contributed by atoms with E-state index in [0.717, 1.165) is 34.0 Å². The first-order chi connectivity index (χ1) is 16.1. The summed E-state index contributed by atoms with van der Waals surface area (Å²) in [5.74, 6) is 0.633. The number of nitrogens with zero attached hydrogens (tertiary/aromatic N) is 4. The van der Waals surface area contributed by atoms with Gasteiger partial charge in [-0.3, -0.25) is 4.79 Å². The molecule has 9 nitrogen and oxygen atoms in total. The van der Waals surface area contributed by atoms with E-state index in [4.69, 9.17) is 10.2 Å². The molecule has 3 N–H and O–H groups in total. The number of carboxylic acid groups (broad SMARTS) is 1. The van der Waals surface area contributed by atoms with Gasteiger partial charge in [0, 0.05) is 30.8 Å². The summed E-state index contributed by atoms with van der Waals surface area (Å²) in [7, 11) is 0. The molecule has 1 saturated heterocycles. The lowest BCUT2D eigenvalue weighted by molar-refractivity contribution is -0.117. The van der Waals surface area contributed by atoms with E-state index in [1.165, 1.54) is 0 Å². The minimum Gasteiger partial charge on any atom is -0.465 e. The molecule has 4 aromatic rings. The van der Waals surface area contributed by atoms with E-state index in [2.05, 4.69) is 27.8 Å². The van der Waals surface area contributed by atoms with Gasteiger partial charge < -0.3 is 20.6 Å². The van der Waals surface area contributed by atoms with Crippen molar-refractivity contribution in [3.8, 4) is 11.3 Å². The molecule has 0 radical (unpaired) electrons. The molecule has 0 spiro atoms. The van der Waals surface area contributed by atoms with Crippen LogP contribution in [0.1, 0.15) is 12.0 Å². The van der Waals surface area contributed by atoms with Gasteiger partial charge in [-0.05, 0) is 29.8 Å². The van der Waals surface area contributed by atoms with Gasteiger partial charge in [0.1, 0.15) is 5.82 Å². The van der Waals surface area contributed by atoms with Crippen LogP contribution in [0.5, 0.6) is 0 Å². The standard InChI is InChI=1S/C24H22N6O3/c31-23-12-18(27-24(32)33)15-29(23)19-8-6-17(7-9-19)20-14-26-22-11-10-21(28-30(20)22)25-13-16-4-2-1-3-5-16/h1-11,14,18,27H,12-13,15H2,(H,25,28)(H,32,33). The number of hydrogen-bond donors (Lipinski definition) is 3. The van der Waals surface area contributed by atoms with Crippen molar-refractivity contribution >= 4 is 29.2 Å². The summed E-state index contributed by atoms with van der Waals surface area (Å²) in [4.78, 5) is 29.2. The average Bonchev–Trinajstić information content (AvgIpc) is 3.41. The Balaban J connectivity index is 1.35. The summed E-state index contributed by atoms with van der Waals surface area (Å²) >= 11 is 0. The molecule has 33 heavy (non-hydrogen) atoms. The molecule has 0 saturated carbocycles.